The van der Waals surface area contributed by atoms with Crippen LogP contribution in [0, 0.1) is 0 Å². The first-order valence-corrected chi connectivity index (χ1v) is 3.91. The van der Waals surface area contributed by atoms with E-state index in [1.165, 1.54) is 11.8 Å². The Morgan fingerprint density at radius 2 is 2.50 bits per heavy atom. The molecule has 0 radical (unpaired) electrons. The normalized spacial score (nSPS) is 37.6. The first-order valence-electron chi connectivity index (χ1n) is 2.17. The molecule has 1 nitrogen and oxygen atoms in total. The van der Waals surface area contributed by atoms with Gasteiger partial charge in [-0.1, -0.05) is 35.0 Å². The Morgan fingerprint density at radius 3 is 2.62 bits per heavy atom. The molecule has 0 N–H and O–H groups in total. The van der Waals surface area contributed by atoms with E-state index in [1.807, 2.05) is 6.92 Å². The van der Waals surface area contributed by atoms with Crippen LogP contribution in [-0.4, -0.2) is 15.3 Å². The average molecular weight is 170 g/mol. The van der Waals surface area contributed by atoms with Gasteiger partial charge in [0.05, 0.1) is 0 Å². The molecule has 0 spiro atoms. The Morgan fingerprint density at radius 1 is 1.88 bits per heavy atom. The largest absolute Gasteiger partial charge is 0.244 e. The van der Waals surface area contributed by atoms with E-state index in [1.54, 1.807) is 0 Å². The molecule has 0 aromatic heterocycles. The summed E-state index contributed by atoms with van der Waals surface area (Å²) in [5.74, 6) is 0.785. The van der Waals surface area contributed by atoms with Gasteiger partial charge in [-0.25, -0.2) is 4.99 Å². The molecule has 0 aromatic rings. The summed E-state index contributed by atoms with van der Waals surface area (Å²) >= 11 is 12.8. The second-order valence-electron chi connectivity index (χ2n) is 1.80. The van der Waals surface area contributed by atoms with E-state index in [-0.39, 0.29) is 0 Å². The van der Waals surface area contributed by atoms with E-state index in [0.29, 0.717) is 4.50 Å². The smallest absolute Gasteiger partial charge is 0.160 e. The highest BCUT2D eigenvalue weighted by Crippen LogP contribution is 2.31. The van der Waals surface area contributed by atoms with Gasteiger partial charge in [0.25, 0.3) is 0 Å². The molecule has 0 fully saturated rings. The fourth-order valence-electron chi connectivity index (χ4n) is 0.439. The van der Waals surface area contributed by atoms with Gasteiger partial charge in [0.1, 0.15) is 5.00 Å². The maximum atomic E-state index is 5.77. The van der Waals surface area contributed by atoms with Crippen molar-refractivity contribution < 1.29 is 0 Å². The van der Waals surface area contributed by atoms with Crippen molar-refractivity contribution in [2.24, 2.45) is 4.99 Å². The molecule has 4 heteroatoms. The third-order valence-corrected chi connectivity index (χ3v) is 2.60. The maximum absolute atomic E-state index is 5.77. The van der Waals surface area contributed by atoms with Crippen LogP contribution < -0.4 is 0 Å². The van der Waals surface area contributed by atoms with Crippen molar-refractivity contribution in [2.75, 3.05) is 5.75 Å². The second-order valence-corrected chi connectivity index (χ2v) is 4.16. The minimum absolute atomic E-state index is 0.443. The zero-order valence-electron chi connectivity index (χ0n) is 4.32. The summed E-state index contributed by atoms with van der Waals surface area (Å²) < 4.78 is 0.572. The molecule has 46 valence electrons. The lowest BCUT2D eigenvalue weighted by atomic mass is 10.4. The lowest BCUT2D eigenvalue weighted by Crippen LogP contribution is -2.10. The Labute approximate surface area is 62.5 Å². The van der Waals surface area contributed by atoms with Crippen LogP contribution in [-0.2, 0) is 0 Å². The maximum Gasteiger partial charge on any atom is 0.160 e. The summed E-state index contributed by atoms with van der Waals surface area (Å²) in [7, 11) is 0. The van der Waals surface area contributed by atoms with Crippen molar-refractivity contribution in [1.82, 2.24) is 0 Å². The number of thioether (sulfide) groups is 1. The van der Waals surface area contributed by atoms with Crippen LogP contribution in [0.1, 0.15) is 6.92 Å². The highest BCUT2D eigenvalue weighted by atomic mass is 35.5. The predicted octanol–water partition coefficient (Wildman–Crippen LogP) is 2.28. The monoisotopic (exact) mass is 169 g/mol. The Balaban J connectivity index is 2.67. The van der Waals surface area contributed by atoms with E-state index < -0.39 is 5.00 Å². The van der Waals surface area contributed by atoms with Crippen molar-refractivity contribution in [3.05, 3.63) is 0 Å². The SMILES string of the molecule is CC1(Cl)CSC(Cl)=N1. The third kappa shape index (κ3) is 1.54. The summed E-state index contributed by atoms with van der Waals surface area (Å²) in [5.41, 5.74) is 0. The van der Waals surface area contributed by atoms with Crippen LogP contribution in [0.2, 0.25) is 0 Å². The molecule has 1 aliphatic heterocycles. The van der Waals surface area contributed by atoms with Crippen molar-refractivity contribution in [2.45, 2.75) is 11.9 Å². The molecule has 0 bridgehead atoms. The Hall–Kier alpha value is 0.600. The molecule has 0 amide bonds. The molecule has 0 saturated heterocycles. The number of alkyl halides is 1. The molecule has 0 aliphatic carbocycles. The topological polar surface area (TPSA) is 12.4 Å². The number of hydrogen-bond acceptors (Lipinski definition) is 2. The summed E-state index contributed by atoms with van der Waals surface area (Å²) in [5, 5.41) is 0. The molecule has 1 unspecified atom stereocenters. The molecule has 8 heavy (non-hydrogen) atoms. The van der Waals surface area contributed by atoms with Gasteiger partial charge in [0.15, 0.2) is 4.50 Å². The van der Waals surface area contributed by atoms with Crippen molar-refractivity contribution in [3.8, 4) is 0 Å². The van der Waals surface area contributed by atoms with Crippen LogP contribution in [0.25, 0.3) is 0 Å². The van der Waals surface area contributed by atoms with Crippen LogP contribution in [0.3, 0.4) is 0 Å². The molecule has 1 atom stereocenters. The lowest BCUT2D eigenvalue weighted by molar-refractivity contribution is 0.774. The van der Waals surface area contributed by atoms with E-state index in [2.05, 4.69) is 4.99 Å². The third-order valence-electron chi connectivity index (χ3n) is 0.776. The summed E-state index contributed by atoms with van der Waals surface area (Å²) in [6, 6.07) is 0. The zero-order chi connectivity index (χ0) is 6.20. The number of rotatable bonds is 0. The number of nitrogens with zero attached hydrogens (tertiary/aromatic N) is 1. The van der Waals surface area contributed by atoms with Gasteiger partial charge in [0, 0.05) is 5.75 Å². The van der Waals surface area contributed by atoms with Crippen LogP contribution >= 0.6 is 35.0 Å². The van der Waals surface area contributed by atoms with Gasteiger partial charge in [-0.3, -0.25) is 0 Å². The van der Waals surface area contributed by atoms with Gasteiger partial charge in [0.2, 0.25) is 0 Å². The highest BCUT2D eigenvalue weighted by molar-refractivity contribution is 8.17. The van der Waals surface area contributed by atoms with E-state index in [4.69, 9.17) is 23.2 Å². The Bertz CT molecular complexity index is 132. The molecular weight excluding hydrogens is 165 g/mol. The summed E-state index contributed by atoms with van der Waals surface area (Å²) in [6.45, 7) is 1.84. The van der Waals surface area contributed by atoms with E-state index in [0.717, 1.165) is 5.75 Å². The predicted molar refractivity (Wildman–Crippen MR) is 40.0 cm³/mol. The van der Waals surface area contributed by atoms with Gasteiger partial charge >= 0.3 is 0 Å². The number of aliphatic imine (C=N–C) groups is 1. The van der Waals surface area contributed by atoms with Crippen LogP contribution in [0.15, 0.2) is 4.99 Å². The standard InChI is InChI=1S/C4H5Cl2NS/c1-4(6)2-8-3(5)7-4/h2H2,1H3. The van der Waals surface area contributed by atoms with Gasteiger partial charge < -0.3 is 0 Å². The Kier molecular flexibility index (Phi) is 1.75. The fourth-order valence-corrected chi connectivity index (χ4v) is 1.84. The molecule has 0 saturated carbocycles. The molecular formula is C4H5Cl2NS. The minimum atomic E-state index is -0.443. The van der Waals surface area contributed by atoms with Gasteiger partial charge in [-0.2, -0.15) is 0 Å². The minimum Gasteiger partial charge on any atom is -0.244 e. The van der Waals surface area contributed by atoms with Crippen molar-refractivity contribution in [3.63, 3.8) is 0 Å². The van der Waals surface area contributed by atoms with Crippen molar-refractivity contribution in [1.29, 1.82) is 0 Å². The highest BCUT2D eigenvalue weighted by Gasteiger charge is 2.26. The first-order chi connectivity index (χ1) is 3.60. The van der Waals surface area contributed by atoms with Crippen molar-refractivity contribution >= 4 is 39.5 Å². The number of hydrogen-bond donors (Lipinski definition) is 0. The molecule has 1 heterocycles. The quantitative estimate of drug-likeness (QED) is 0.401. The van der Waals surface area contributed by atoms with Gasteiger partial charge in [-0.05, 0) is 6.92 Å². The lowest BCUT2D eigenvalue weighted by Gasteiger charge is -2.05. The zero-order valence-corrected chi connectivity index (χ0v) is 6.65. The average Bonchev–Trinajstić information content (AvgIpc) is 1.82. The fraction of sp³-hybridized carbons (Fsp3) is 0.750. The van der Waals surface area contributed by atoms with E-state index in [9.17, 15) is 0 Å². The van der Waals surface area contributed by atoms with E-state index >= 15 is 0 Å². The van der Waals surface area contributed by atoms with Crippen LogP contribution in [0.4, 0.5) is 0 Å². The van der Waals surface area contributed by atoms with Gasteiger partial charge in [-0.15, -0.1) is 0 Å². The molecule has 1 aliphatic rings. The van der Waals surface area contributed by atoms with Crippen LogP contribution in [0.5, 0.6) is 0 Å². The molecule has 0 aromatic carbocycles. The summed E-state index contributed by atoms with van der Waals surface area (Å²) in [6.07, 6.45) is 0. The molecule has 1 rings (SSSR count). The summed E-state index contributed by atoms with van der Waals surface area (Å²) in [4.78, 5) is 3.49. The first kappa shape index (κ1) is 6.72. The number of halogens is 2. The second kappa shape index (κ2) is 2.09.